The lowest BCUT2D eigenvalue weighted by Gasteiger charge is -2.35. The molecule has 3 fully saturated rings. The van der Waals surface area contributed by atoms with Crippen molar-refractivity contribution in [1.29, 1.82) is 0 Å². The molecule has 3 aliphatic rings. The molecule has 0 aromatic carbocycles. The number of nitrogens with zero attached hydrogens (tertiary/aromatic N) is 3. The highest BCUT2D eigenvalue weighted by molar-refractivity contribution is 5.98. The fourth-order valence-corrected chi connectivity index (χ4v) is 7.78. The molecule has 62 heavy (non-hydrogen) atoms. The van der Waals surface area contributed by atoms with Crippen LogP contribution in [0.3, 0.4) is 0 Å². The maximum absolute atomic E-state index is 14.1. The predicted octanol–water partition coefficient (Wildman–Crippen LogP) is -5.30. The first-order chi connectivity index (χ1) is 29.2. The Balaban J connectivity index is 1.71. The van der Waals surface area contributed by atoms with Gasteiger partial charge in [-0.05, 0) is 64.2 Å². The Kier molecular flexibility index (Phi) is 19.4. The summed E-state index contributed by atoms with van der Waals surface area (Å²) in [5, 5.41) is 60.3. The van der Waals surface area contributed by atoms with Gasteiger partial charge < -0.3 is 72.5 Å². The van der Waals surface area contributed by atoms with Gasteiger partial charge in [0.15, 0.2) is 0 Å². The predicted molar refractivity (Wildman–Crippen MR) is 213 cm³/mol. The molecule has 3 rings (SSSR count). The van der Waals surface area contributed by atoms with Crippen molar-refractivity contribution < 1.29 is 73.5 Å². The number of hydrogen-bond acceptors (Lipinski definition) is 14. The molecule has 0 radical (unpaired) electrons. The van der Waals surface area contributed by atoms with Crippen LogP contribution in [0.5, 0.6) is 0 Å². The molecule has 12 N–H and O–H groups in total. The van der Waals surface area contributed by atoms with Crippen molar-refractivity contribution in [2.24, 2.45) is 11.7 Å². The van der Waals surface area contributed by atoms with Gasteiger partial charge >= 0.3 is 11.9 Å². The van der Waals surface area contributed by atoms with Gasteiger partial charge in [-0.15, -0.1) is 0 Å². The fraction of sp³-hybridized carbons (Fsp3) is 0.737. The summed E-state index contributed by atoms with van der Waals surface area (Å²) in [5.74, 6) is -9.32. The van der Waals surface area contributed by atoms with Crippen LogP contribution in [0.15, 0.2) is 0 Å². The van der Waals surface area contributed by atoms with Crippen molar-refractivity contribution >= 4 is 59.2 Å². The number of carboxylic acid groups (broad SMARTS) is 2. The van der Waals surface area contributed by atoms with Crippen molar-refractivity contribution in [3.05, 3.63) is 0 Å². The van der Waals surface area contributed by atoms with Crippen molar-refractivity contribution in [2.75, 3.05) is 39.4 Å². The van der Waals surface area contributed by atoms with Crippen molar-refractivity contribution in [3.63, 3.8) is 0 Å². The highest BCUT2D eigenvalue weighted by Crippen LogP contribution is 2.29. The monoisotopic (exact) mass is 883 g/mol. The van der Waals surface area contributed by atoms with E-state index in [1.54, 1.807) is 13.8 Å². The SMILES string of the molecule is CC(C)CC(NC(=O)C(CO)NC(=O)C(NC(=O)CN)C(C)O)C(=O)NC(CO)C(=O)N1CCCC1C(=O)N1CCCC1C(=O)N1CCCC1C(=O)NC(CCC(=O)O)C(=O)O. The standard InChI is InChI=1S/C38H61N9O15/c1-19(2)15-22(41-32(55)23(17-48)42-34(57)30(20(3)50)44-28(51)16-39)31(54)43-24(18-49)35(58)46-13-5-8-26(46)37(60)47-14-6-9-27(47)36(59)45-12-4-7-25(45)33(56)40-21(38(61)62)10-11-29(52)53/h19-27,30,48-50H,4-18,39H2,1-3H3,(H,40,56)(H,41,55)(H,42,57)(H,43,54)(H,44,51)(H,52,53)(H,61,62). The molecule has 0 bridgehead atoms. The van der Waals surface area contributed by atoms with Crippen LogP contribution in [0.25, 0.3) is 0 Å². The summed E-state index contributed by atoms with van der Waals surface area (Å²) in [5.41, 5.74) is 5.27. The molecule has 348 valence electrons. The Morgan fingerprint density at radius 3 is 1.61 bits per heavy atom. The molecule has 3 aliphatic heterocycles. The number of aliphatic hydroxyl groups excluding tert-OH is 3. The third-order valence-corrected chi connectivity index (χ3v) is 11.0. The normalized spacial score (nSPS) is 21.5. The van der Waals surface area contributed by atoms with E-state index in [4.69, 9.17) is 10.8 Å². The van der Waals surface area contributed by atoms with E-state index in [1.807, 2.05) is 0 Å². The van der Waals surface area contributed by atoms with Crippen molar-refractivity contribution in [2.45, 2.75) is 133 Å². The number of nitrogens with two attached hydrogens (primary N) is 1. The number of carbonyl (C=O) groups is 10. The number of amides is 8. The van der Waals surface area contributed by atoms with Crippen LogP contribution >= 0.6 is 0 Å². The van der Waals surface area contributed by atoms with E-state index >= 15 is 0 Å². The molecule has 3 saturated heterocycles. The lowest BCUT2D eigenvalue weighted by Crippen LogP contribution is -2.61. The summed E-state index contributed by atoms with van der Waals surface area (Å²) in [7, 11) is 0. The minimum atomic E-state index is -1.65. The summed E-state index contributed by atoms with van der Waals surface area (Å²) >= 11 is 0. The Morgan fingerprint density at radius 1 is 0.629 bits per heavy atom. The Labute approximate surface area is 357 Å². The minimum absolute atomic E-state index is 0.00152. The van der Waals surface area contributed by atoms with Crippen LogP contribution in [0.4, 0.5) is 0 Å². The van der Waals surface area contributed by atoms with E-state index in [0.717, 1.165) is 0 Å². The van der Waals surface area contributed by atoms with Crippen LogP contribution in [0.1, 0.15) is 78.6 Å². The van der Waals surface area contributed by atoms with Gasteiger partial charge in [-0.25, -0.2) is 4.79 Å². The first-order valence-electron chi connectivity index (χ1n) is 20.7. The quantitative estimate of drug-likeness (QED) is 0.0484. The highest BCUT2D eigenvalue weighted by atomic mass is 16.4. The Hall–Kier alpha value is -5.46. The zero-order valence-electron chi connectivity index (χ0n) is 35.1. The Bertz CT molecular complexity index is 1680. The molecule has 24 nitrogen and oxygen atoms in total. The van der Waals surface area contributed by atoms with Crippen LogP contribution in [-0.4, -0.2) is 193 Å². The number of aliphatic hydroxyl groups is 3. The average Bonchev–Trinajstić information content (AvgIpc) is 4.02. The summed E-state index contributed by atoms with van der Waals surface area (Å²) in [6.07, 6.45) is -0.431. The van der Waals surface area contributed by atoms with Crippen molar-refractivity contribution in [3.8, 4) is 0 Å². The van der Waals surface area contributed by atoms with Crippen LogP contribution in [0.2, 0.25) is 0 Å². The van der Waals surface area contributed by atoms with Gasteiger partial charge in [0.1, 0.15) is 48.3 Å². The smallest absolute Gasteiger partial charge is 0.326 e. The molecule has 0 spiro atoms. The van der Waals surface area contributed by atoms with Crippen LogP contribution in [-0.2, 0) is 47.9 Å². The third-order valence-electron chi connectivity index (χ3n) is 11.0. The molecule has 3 heterocycles. The second kappa shape index (κ2) is 23.7. The molecular formula is C38H61N9O15. The number of likely N-dealkylation sites (tertiary alicyclic amines) is 3. The molecule has 9 unspecified atom stereocenters. The van der Waals surface area contributed by atoms with Gasteiger partial charge in [0.05, 0.1) is 25.9 Å². The van der Waals surface area contributed by atoms with Crippen LogP contribution in [0, 0.1) is 5.92 Å². The van der Waals surface area contributed by atoms with E-state index in [-0.39, 0.29) is 57.7 Å². The second-order valence-electron chi connectivity index (χ2n) is 16.1. The number of nitrogens with one attached hydrogen (secondary N) is 5. The highest BCUT2D eigenvalue weighted by Gasteiger charge is 2.47. The van der Waals surface area contributed by atoms with Gasteiger partial charge in [-0.3, -0.25) is 43.2 Å². The molecule has 0 aliphatic carbocycles. The summed E-state index contributed by atoms with van der Waals surface area (Å²) in [4.78, 5) is 133. The molecule has 0 aromatic rings. The maximum Gasteiger partial charge on any atom is 0.326 e. The number of hydrogen-bond donors (Lipinski definition) is 11. The third kappa shape index (κ3) is 13.5. The first kappa shape index (κ1) is 50.9. The number of aliphatic carboxylic acids is 2. The van der Waals surface area contributed by atoms with Gasteiger partial charge in [0.2, 0.25) is 47.3 Å². The summed E-state index contributed by atoms with van der Waals surface area (Å²) in [6.45, 7) is 2.69. The summed E-state index contributed by atoms with van der Waals surface area (Å²) < 4.78 is 0. The molecule has 24 heteroatoms. The minimum Gasteiger partial charge on any atom is -0.481 e. The zero-order valence-corrected chi connectivity index (χ0v) is 35.1. The molecule has 9 atom stereocenters. The first-order valence-corrected chi connectivity index (χ1v) is 20.7. The van der Waals surface area contributed by atoms with E-state index in [1.165, 1.54) is 21.6 Å². The Morgan fingerprint density at radius 2 is 1.11 bits per heavy atom. The van der Waals surface area contributed by atoms with E-state index in [2.05, 4.69) is 26.6 Å². The number of carboxylic acids is 2. The fourth-order valence-electron chi connectivity index (χ4n) is 7.78. The van der Waals surface area contributed by atoms with E-state index < -0.39 is 140 Å². The van der Waals surface area contributed by atoms with E-state index in [9.17, 15) is 68.4 Å². The maximum atomic E-state index is 14.1. The van der Waals surface area contributed by atoms with Gasteiger partial charge in [-0.1, -0.05) is 13.8 Å². The molecule has 0 saturated carbocycles. The molecule has 0 aromatic heterocycles. The number of carbonyl (C=O) groups excluding carboxylic acids is 8. The largest absolute Gasteiger partial charge is 0.481 e. The molecule has 8 amide bonds. The zero-order chi connectivity index (χ0) is 46.4. The molecular weight excluding hydrogens is 822 g/mol. The topological polar surface area (TPSA) is 368 Å². The van der Waals surface area contributed by atoms with Crippen molar-refractivity contribution in [1.82, 2.24) is 41.3 Å². The van der Waals surface area contributed by atoms with Gasteiger partial charge in [-0.2, -0.15) is 0 Å². The lowest BCUT2D eigenvalue weighted by atomic mass is 10.0. The number of rotatable bonds is 22. The van der Waals surface area contributed by atoms with E-state index in [0.29, 0.717) is 19.3 Å². The van der Waals surface area contributed by atoms with Gasteiger partial charge in [0.25, 0.3) is 0 Å². The van der Waals surface area contributed by atoms with Gasteiger partial charge in [0, 0.05) is 26.1 Å². The summed E-state index contributed by atoms with van der Waals surface area (Å²) in [6, 6.07) is -10.8. The van der Waals surface area contributed by atoms with Crippen LogP contribution < -0.4 is 32.3 Å². The lowest BCUT2D eigenvalue weighted by molar-refractivity contribution is -0.151. The average molecular weight is 884 g/mol. The second-order valence-corrected chi connectivity index (χ2v) is 16.1.